The van der Waals surface area contributed by atoms with Gasteiger partial charge in [0.1, 0.15) is 0 Å². The first-order valence-electron chi connectivity index (χ1n) is 6.44. The molecule has 0 aliphatic carbocycles. The number of thioether (sulfide) groups is 1. The van der Waals surface area contributed by atoms with Gasteiger partial charge < -0.3 is 14.8 Å². The Bertz CT molecular complexity index is 377. The summed E-state index contributed by atoms with van der Waals surface area (Å²) in [4.78, 5) is 12.8. The average Bonchev–Trinajstić information content (AvgIpc) is 2.34. The maximum absolute atomic E-state index is 5.53. The lowest BCUT2D eigenvalue weighted by molar-refractivity contribution is 0.200. The highest BCUT2D eigenvalue weighted by Gasteiger charge is 2.09. The van der Waals surface area contributed by atoms with Gasteiger partial charge in [0.15, 0.2) is 5.16 Å². The number of nitrogens with one attached hydrogen (secondary N) is 1. The first-order chi connectivity index (χ1) is 9.15. The fourth-order valence-electron chi connectivity index (χ4n) is 1.27. The van der Waals surface area contributed by atoms with Crippen LogP contribution in [0, 0.1) is 0 Å². The van der Waals surface area contributed by atoms with Gasteiger partial charge in [-0.1, -0.05) is 11.8 Å². The van der Waals surface area contributed by atoms with Crippen LogP contribution in [0.25, 0.3) is 0 Å². The van der Waals surface area contributed by atoms with Crippen molar-refractivity contribution >= 4 is 17.7 Å². The summed E-state index contributed by atoms with van der Waals surface area (Å²) >= 11 is 1.58. The van der Waals surface area contributed by atoms with E-state index in [2.05, 4.69) is 20.3 Å². The van der Waals surface area contributed by atoms with E-state index in [1.807, 2.05) is 20.8 Å². The number of hydrogen-bond donors (Lipinski definition) is 1. The monoisotopic (exact) mass is 286 g/mol. The maximum Gasteiger partial charge on any atom is 0.322 e. The van der Waals surface area contributed by atoms with E-state index < -0.39 is 0 Å². The van der Waals surface area contributed by atoms with Crippen LogP contribution in [0.15, 0.2) is 5.16 Å². The fraction of sp³-hybridized carbons (Fsp3) is 0.750. The van der Waals surface area contributed by atoms with Gasteiger partial charge in [0.2, 0.25) is 5.95 Å². The van der Waals surface area contributed by atoms with Crippen LogP contribution in [-0.4, -0.2) is 47.1 Å². The summed E-state index contributed by atoms with van der Waals surface area (Å²) in [5.41, 5.74) is 0. The van der Waals surface area contributed by atoms with Crippen LogP contribution in [0.5, 0.6) is 6.01 Å². The summed E-state index contributed by atoms with van der Waals surface area (Å²) in [6.45, 7) is 7.40. The molecule has 1 aromatic heterocycles. The minimum atomic E-state index is 0.0446. The van der Waals surface area contributed by atoms with Crippen molar-refractivity contribution in [1.29, 1.82) is 0 Å². The Labute approximate surface area is 118 Å². The zero-order chi connectivity index (χ0) is 14.1. The number of anilines is 1. The number of methoxy groups -OCH3 is 1. The van der Waals surface area contributed by atoms with E-state index >= 15 is 0 Å². The van der Waals surface area contributed by atoms with Gasteiger partial charge >= 0.3 is 6.01 Å². The Kier molecular flexibility index (Phi) is 7.50. The second-order valence-electron chi connectivity index (χ2n) is 4.12. The Hall–Kier alpha value is -1.08. The molecule has 0 saturated heterocycles. The highest BCUT2D eigenvalue weighted by Crippen LogP contribution is 2.18. The standard InChI is InChI=1S/C12H22N4O2S/c1-5-13-10-14-11(18-9(2)3)16-12(15-10)19-8-6-7-17-4/h9H,5-8H2,1-4H3,(H,13,14,15,16). The summed E-state index contributed by atoms with van der Waals surface area (Å²) < 4.78 is 10.5. The summed E-state index contributed by atoms with van der Waals surface area (Å²) in [6, 6.07) is 0.371. The van der Waals surface area contributed by atoms with Crippen molar-refractivity contribution in [2.75, 3.05) is 31.3 Å². The molecule has 0 bridgehead atoms. The molecule has 0 fully saturated rings. The second kappa shape index (κ2) is 8.92. The molecule has 0 aromatic carbocycles. The molecule has 0 spiro atoms. The zero-order valence-corrected chi connectivity index (χ0v) is 12.8. The van der Waals surface area contributed by atoms with Crippen molar-refractivity contribution in [2.24, 2.45) is 0 Å². The molecule has 1 aromatic rings. The number of rotatable bonds is 9. The van der Waals surface area contributed by atoms with E-state index in [0.29, 0.717) is 17.1 Å². The van der Waals surface area contributed by atoms with Crippen LogP contribution < -0.4 is 10.1 Å². The van der Waals surface area contributed by atoms with Gasteiger partial charge in [-0.15, -0.1) is 0 Å². The molecule has 1 heterocycles. The van der Waals surface area contributed by atoms with E-state index in [1.165, 1.54) is 0 Å². The summed E-state index contributed by atoms with van der Waals surface area (Å²) in [5.74, 6) is 1.47. The third-order valence-electron chi connectivity index (χ3n) is 1.99. The van der Waals surface area contributed by atoms with E-state index in [-0.39, 0.29) is 6.10 Å². The quantitative estimate of drug-likeness (QED) is 0.551. The molecule has 0 saturated carbocycles. The summed E-state index contributed by atoms with van der Waals surface area (Å²) in [5, 5.41) is 3.76. The van der Waals surface area contributed by atoms with Crippen LogP contribution in [-0.2, 0) is 4.74 Å². The summed E-state index contributed by atoms with van der Waals surface area (Å²) in [7, 11) is 1.70. The van der Waals surface area contributed by atoms with Crippen molar-refractivity contribution in [3.05, 3.63) is 0 Å². The minimum Gasteiger partial charge on any atom is -0.461 e. The molecule has 6 nitrogen and oxygen atoms in total. The Balaban J connectivity index is 2.68. The van der Waals surface area contributed by atoms with Crippen LogP contribution in [0.2, 0.25) is 0 Å². The van der Waals surface area contributed by atoms with Crippen molar-refractivity contribution in [1.82, 2.24) is 15.0 Å². The number of aromatic nitrogens is 3. The zero-order valence-electron chi connectivity index (χ0n) is 12.0. The lowest BCUT2D eigenvalue weighted by Crippen LogP contribution is -2.12. The van der Waals surface area contributed by atoms with Gasteiger partial charge in [0.25, 0.3) is 0 Å². The van der Waals surface area contributed by atoms with Crippen molar-refractivity contribution < 1.29 is 9.47 Å². The van der Waals surface area contributed by atoms with Crippen LogP contribution in [0.3, 0.4) is 0 Å². The minimum absolute atomic E-state index is 0.0446. The lowest BCUT2D eigenvalue weighted by Gasteiger charge is -2.10. The first-order valence-corrected chi connectivity index (χ1v) is 7.42. The highest BCUT2D eigenvalue weighted by molar-refractivity contribution is 7.99. The first kappa shape index (κ1) is 16.0. The van der Waals surface area contributed by atoms with Crippen molar-refractivity contribution in [3.63, 3.8) is 0 Å². The van der Waals surface area contributed by atoms with Gasteiger partial charge in [-0.3, -0.25) is 0 Å². The van der Waals surface area contributed by atoms with Gasteiger partial charge in [-0.2, -0.15) is 15.0 Å². The number of ether oxygens (including phenoxy) is 2. The number of hydrogen-bond acceptors (Lipinski definition) is 7. The fourth-order valence-corrected chi connectivity index (χ4v) is 2.01. The van der Waals surface area contributed by atoms with Gasteiger partial charge in [0, 0.05) is 26.0 Å². The average molecular weight is 286 g/mol. The van der Waals surface area contributed by atoms with Gasteiger partial charge in [-0.05, 0) is 27.2 Å². The molecular weight excluding hydrogens is 264 g/mol. The molecule has 0 unspecified atom stereocenters. The van der Waals surface area contributed by atoms with Crippen LogP contribution >= 0.6 is 11.8 Å². The molecule has 0 atom stereocenters. The number of nitrogens with zero attached hydrogens (tertiary/aromatic N) is 3. The van der Waals surface area contributed by atoms with E-state index in [0.717, 1.165) is 25.3 Å². The lowest BCUT2D eigenvalue weighted by atomic mass is 10.5. The molecule has 1 N–H and O–H groups in total. The Morgan fingerprint density at radius 1 is 1.26 bits per heavy atom. The Morgan fingerprint density at radius 3 is 2.68 bits per heavy atom. The van der Waals surface area contributed by atoms with E-state index in [4.69, 9.17) is 9.47 Å². The highest BCUT2D eigenvalue weighted by atomic mass is 32.2. The maximum atomic E-state index is 5.53. The van der Waals surface area contributed by atoms with Gasteiger partial charge in [-0.25, -0.2) is 0 Å². The van der Waals surface area contributed by atoms with Gasteiger partial charge in [0.05, 0.1) is 6.10 Å². The molecule has 1 rings (SSSR count). The van der Waals surface area contributed by atoms with Crippen LogP contribution in [0.1, 0.15) is 27.2 Å². The molecule has 0 radical (unpaired) electrons. The molecular formula is C12H22N4O2S. The molecule has 19 heavy (non-hydrogen) atoms. The third kappa shape index (κ3) is 6.58. The molecule has 7 heteroatoms. The predicted molar refractivity (Wildman–Crippen MR) is 77.0 cm³/mol. The van der Waals surface area contributed by atoms with E-state index in [1.54, 1.807) is 18.9 Å². The second-order valence-corrected chi connectivity index (χ2v) is 5.18. The Morgan fingerprint density at radius 2 is 2.05 bits per heavy atom. The normalized spacial score (nSPS) is 10.8. The third-order valence-corrected chi connectivity index (χ3v) is 2.93. The summed E-state index contributed by atoms with van der Waals surface area (Å²) in [6.07, 6.45) is 1.01. The predicted octanol–water partition coefficient (Wildman–Crippen LogP) is 2.22. The molecule has 108 valence electrons. The SMILES string of the molecule is CCNc1nc(OC(C)C)nc(SCCCOC)n1. The van der Waals surface area contributed by atoms with Crippen LogP contribution in [0.4, 0.5) is 5.95 Å². The molecule has 0 amide bonds. The van der Waals surface area contributed by atoms with Crippen molar-refractivity contribution in [2.45, 2.75) is 38.5 Å². The molecule has 0 aliphatic rings. The smallest absolute Gasteiger partial charge is 0.322 e. The topological polar surface area (TPSA) is 69.2 Å². The van der Waals surface area contributed by atoms with Crippen molar-refractivity contribution in [3.8, 4) is 6.01 Å². The molecule has 0 aliphatic heterocycles. The largest absolute Gasteiger partial charge is 0.461 e. The van der Waals surface area contributed by atoms with E-state index in [9.17, 15) is 0 Å².